The predicted octanol–water partition coefficient (Wildman–Crippen LogP) is 5.22. The van der Waals surface area contributed by atoms with Crippen molar-refractivity contribution in [2.45, 2.75) is 33.1 Å². The number of benzene rings is 2. The second kappa shape index (κ2) is 7.76. The van der Waals surface area contributed by atoms with E-state index in [1.165, 1.54) is 12.1 Å². The van der Waals surface area contributed by atoms with Gasteiger partial charge in [-0.15, -0.1) is 0 Å². The molecular weight excluding hydrogens is 355 g/mol. The molecule has 0 aliphatic heterocycles. The van der Waals surface area contributed by atoms with Gasteiger partial charge < -0.3 is 10.6 Å². The first-order chi connectivity index (χ1) is 13.2. The van der Waals surface area contributed by atoms with Crippen LogP contribution in [0.5, 0.6) is 0 Å². The van der Waals surface area contributed by atoms with Gasteiger partial charge in [0.2, 0.25) is 5.95 Å². The summed E-state index contributed by atoms with van der Waals surface area (Å²) in [5.41, 5.74) is 3.03. The van der Waals surface area contributed by atoms with Gasteiger partial charge in [-0.2, -0.15) is 0 Å². The topological polar surface area (TPSA) is 66.9 Å². The summed E-state index contributed by atoms with van der Waals surface area (Å²) in [6.45, 7) is 8.05. The van der Waals surface area contributed by atoms with Crippen molar-refractivity contribution in [3.05, 3.63) is 77.4 Å². The Morgan fingerprint density at radius 3 is 2.46 bits per heavy atom. The Hall–Kier alpha value is -3.28. The van der Waals surface area contributed by atoms with E-state index in [-0.39, 0.29) is 28.8 Å². The van der Waals surface area contributed by atoms with Gasteiger partial charge in [-0.25, -0.2) is 14.4 Å². The van der Waals surface area contributed by atoms with Crippen LogP contribution in [0.2, 0.25) is 0 Å². The highest BCUT2D eigenvalue weighted by atomic mass is 19.1. The number of carbonyl (C=O) groups excluding carboxylic acids is 1. The molecule has 0 atom stereocenters. The zero-order chi connectivity index (χ0) is 20.3. The molecule has 3 aromatic rings. The van der Waals surface area contributed by atoms with Crippen molar-refractivity contribution in [2.24, 2.45) is 0 Å². The van der Waals surface area contributed by atoms with Gasteiger partial charge in [-0.05, 0) is 48.2 Å². The fourth-order valence-corrected chi connectivity index (χ4v) is 2.87. The van der Waals surface area contributed by atoms with E-state index in [0.717, 1.165) is 11.3 Å². The number of amides is 1. The summed E-state index contributed by atoms with van der Waals surface area (Å²) in [6, 6.07) is 15.3. The lowest BCUT2D eigenvalue weighted by molar-refractivity contribution is 0.102. The number of hydrogen-bond donors (Lipinski definition) is 2. The van der Waals surface area contributed by atoms with Crippen molar-refractivity contribution in [1.82, 2.24) is 9.97 Å². The van der Waals surface area contributed by atoms with Gasteiger partial charge >= 0.3 is 0 Å². The van der Waals surface area contributed by atoms with E-state index in [4.69, 9.17) is 0 Å². The summed E-state index contributed by atoms with van der Waals surface area (Å²) in [5.74, 6) is -0.459. The smallest absolute Gasteiger partial charge is 0.274 e. The van der Waals surface area contributed by atoms with Gasteiger partial charge in [-0.1, -0.05) is 45.0 Å². The number of para-hydroxylation sites is 1. The molecule has 3 rings (SSSR count). The van der Waals surface area contributed by atoms with Crippen molar-refractivity contribution in [3.63, 3.8) is 0 Å². The monoisotopic (exact) mass is 378 g/mol. The number of hydrogen-bond acceptors (Lipinski definition) is 4. The molecule has 0 aliphatic carbocycles. The van der Waals surface area contributed by atoms with Crippen molar-refractivity contribution in [2.75, 3.05) is 10.6 Å². The van der Waals surface area contributed by atoms with Gasteiger partial charge in [0.05, 0.1) is 0 Å². The minimum absolute atomic E-state index is 0.116. The van der Waals surface area contributed by atoms with Crippen molar-refractivity contribution >= 4 is 23.2 Å². The Bertz CT molecular complexity index is 1010. The number of aryl methyl sites for hydroxylation is 1. The van der Waals surface area contributed by atoms with Crippen LogP contribution in [0, 0.1) is 12.7 Å². The van der Waals surface area contributed by atoms with Crippen LogP contribution >= 0.6 is 0 Å². The van der Waals surface area contributed by atoms with Crippen molar-refractivity contribution in [3.8, 4) is 0 Å². The highest BCUT2D eigenvalue weighted by molar-refractivity contribution is 6.03. The average Bonchev–Trinajstić information content (AvgIpc) is 2.61. The van der Waals surface area contributed by atoms with Crippen LogP contribution in [0.25, 0.3) is 0 Å². The van der Waals surface area contributed by atoms with Crippen LogP contribution in [0.15, 0.2) is 54.6 Å². The highest BCUT2D eigenvalue weighted by Crippen LogP contribution is 2.29. The maximum Gasteiger partial charge on any atom is 0.274 e. The predicted molar refractivity (Wildman–Crippen MR) is 110 cm³/mol. The third-order valence-electron chi connectivity index (χ3n) is 4.15. The highest BCUT2D eigenvalue weighted by Gasteiger charge is 2.19. The Morgan fingerprint density at radius 2 is 1.75 bits per heavy atom. The number of rotatable bonds is 4. The summed E-state index contributed by atoms with van der Waals surface area (Å²) < 4.78 is 13.4. The van der Waals surface area contributed by atoms with Crippen LogP contribution in [-0.4, -0.2) is 15.9 Å². The summed E-state index contributed by atoms with van der Waals surface area (Å²) in [5, 5.41) is 5.88. The van der Waals surface area contributed by atoms with Crippen LogP contribution in [0.3, 0.4) is 0 Å². The lowest BCUT2D eigenvalue weighted by Crippen LogP contribution is -2.20. The summed E-state index contributed by atoms with van der Waals surface area (Å²) in [6.07, 6.45) is 0. The first-order valence-corrected chi connectivity index (χ1v) is 9.01. The Labute approximate surface area is 164 Å². The van der Waals surface area contributed by atoms with Crippen LogP contribution in [-0.2, 0) is 5.41 Å². The fourth-order valence-electron chi connectivity index (χ4n) is 2.87. The van der Waals surface area contributed by atoms with Gasteiger partial charge in [-0.3, -0.25) is 4.79 Å². The fraction of sp³-hybridized carbons (Fsp3) is 0.227. The molecule has 1 heterocycles. The van der Waals surface area contributed by atoms with Gasteiger partial charge in [0.25, 0.3) is 5.91 Å². The molecule has 0 bridgehead atoms. The number of anilines is 3. The van der Waals surface area contributed by atoms with E-state index in [9.17, 15) is 9.18 Å². The SMILES string of the molecule is Cc1cc(C(=O)Nc2ccccc2C(C)(C)C)nc(Nc2cccc(F)c2)n1. The lowest BCUT2D eigenvalue weighted by atomic mass is 9.86. The molecule has 2 aromatic carbocycles. The van der Waals surface area contributed by atoms with E-state index >= 15 is 0 Å². The molecule has 0 saturated carbocycles. The third-order valence-corrected chi connectivity index (χ3v) is 4.15. The first-order valence-electron chi connectivity index (χ1n) is 9.01. The molecule has 0 fully saturated rings. The normalized spacial score (nSPS) is 11.2. The van der Waals surface area contributed by atoms with Crippen LogP contribution < -0.4 is 10.6 Å². The Morgan fingerprint density at radius 1 is 1.00 bits per heavy atom. The number of nitrogens with zero attached hydrogens (tertiary/aromatic N) is 2. The van der Waals surface area contributed by atoms with E-state index in [1.807, 2.05) is 24.3 Å². The van der Waals surface area contributed by atoms with Crippen LogP contribution in [0.1, 0.15) is 42.5 Å². The largest absolute Gasteiger partial charge is 0.324 e. The summed E-state index contributed by atoms with van der Waals surface area (Å²) >= 11 is 0. The van der Waals surface area contributed by atoms with Crippen LogP contribution in [0.4, 0.5) is 21.7 Å². The quantitative estimate of drug-likeness (QED) is 0.653. The third kappa shape index (κ3) is 4.71. The van der Waals surface area contributed by atoms with Crippen molar-refractivity contribution in [1.29, 1.82) is 0 Å². The second-order valence-electron chi connectivity index (χ2n) is 7.60. The molecule has 1 aromatic heterocycles. The summed E-state index contributed by atoms with van der Waals surface area (Å²) in [7, 11) is 0. The van der Waals surface area contributed by atoms with Gasteiger partial charge in [0, 0.05) is 17.1 Å². The number of carbonyl (C=O) groups is 1. The number of halogens is 1. The maximum absolute atomic E-state index is 13.4. The molecule has 0 aliphatic rings. The molecule has 6 heteroatoms. The molecule has 0 spiro atoms. The molecule has 144 valence electrons. The molecule has 1 amide bonds. The van der Waals surface area contributed by atoms with E-state index < -0.39 is 0 Å². The summed E-state index contributed by atoms with van der Waals surface area (Å²) in [4.78, 5) is 21.4. The molecule has 0 saturated heterocycles. The molecule has 28 heavy (non-hydrogen) atoms. The lowest BCUT2D eigenvalue weighted by Gasteiger charge is -2.23. The minimum Gasteiger partial charge on any atom is -0.324 e. The average molecular weight is 378 g/mol. The molecule has 2 N–H and O–H groups in total. The molecule has 0 unspecified atom stereocenters. The number of aromatic nitrogens is 2. The molecular formula is C22H23FN4O. The molecule has 5 nitrogen and oxygen atoms in total. The van der Waals surface area contributed by atoms with Gasteiger partial charge in [0.1, 0.15) is 11.5 Å². The maximum atomic E-state index is 13.4. The minimum atomic E-state index is -0.366. The molecule has 0 radical (unpaired) electrons. The number of nitrogens with one attached hydrogen (secondary N) is 2. The zero-order valence-corrected chi connectivity index (χ0v) is 16.4. The van der Waals surface area contributed by atoms with E-state index in [0.29, 0.717) is 11.4 Å². The van der Waals surface area contributed by atoms with Crippen molar-refractivity contribution < 1.29 is 9.18 Å². The Balaban J connectivity index is 1.86. The zero-order valence-electron chi connectivity index (χ0n) is 16.4. The standard InChI is InChI=1S/C22H23FN4O/c1-14-12-19(27-21(24-14)25-16-9-7-8-15(23)13-16)20(28)26-18-11-6-5-10-17(18)22(2,3)4/h5-13H,1-4H3,(H,26,28)(H,24,25,27). The van der Waals surface area contributed by atoms with Gasteiger partial charge in [0.15, 0.2) is 0 Å². The van der Waals surface area contributed by atoms with E-state index in [2.05, 4.69) is 41.4 Å². The van der Waals surface area contributed by atoms with E-state index in [1.54, 1.807) is 25.1 Å². The second-order valence-corrected chi connectivity index (χ2v) is 7.60. The Kier molecular flexibility index (Phi) is 5.40. The first kappa shape index (κ1) is 19.5.